The van der Waals surface area contributed by atoms with Crippen LogP contribution in [0, 0.1) is 5.82 Å². The largest absolute Gasteiger partial charge is 0.481 e. The zero-order valence-corrected chi connectivity index (χ0v) is 17.8. The van der Waals surface area contributed by atoms with Gasteiger partial charge in [-0.1, -0.05) is 36.0 Å². The fourth-order valence-electron chi connectivity index (χ4n) is 3.52. The second-order valence-electron chi connectivity index (χ2n) is 7.54. The number of aliphatic carboxylic acids is 1. The molecule has 4 rings (SSSR count). The highest BCUT2D eigenvalue weighted by Crippen LogP contribution is 2.38. The van der Waals surface area contributed by atoms with Gasteiger partial charge in [0.25, 0.3) is 5.91 Å². The number of benzene rings is 2. The number of rotatable bonds is 5. The Hall–Kier alpha value is -3.20. The summed E-state index contributed by atoms with van der Waals surface area (Å²) < 4.78 is 13.4. The maximum Gasteiger partial charge on any atom is 0.305 e. The highest BCUT2D eigenvalue weighted by Gasteiger charge is 2.39. The Bertz CT molecular complexity index is 1070. The molecule has 31 heavy (non-hydrogen) atoms. The van der Waals surface area contributed by atoms with E-state index in [1.807, 2.05) is 43.3 Å². The van der Waals surface area contributed by atoms with Crippen molar-refractivity contribution in [1.29, 1.82) is 0 Å². The molecule has 160 valence electrons. The Kier molecular flexibility index (Phi) is 5.77. The molecule has 9 heteroatoms. The van der Waals surface area contributed by atoms with Crippen LogP contribution in [0.4, 0.5) is 10.1 Å². The second kappa shape index (κ2) is 8.50. The van der Waals surface area contributed by atoms with Crippen molar-refractivity contribution in [2.24, 2.45) is 10.1 Å². The molecule has 0 aliphatic carbocycles. The summed E-state index contributed by atoms with van der Waals surface area (Å²) in [6, 6.07) is 13.9. The van der Waals surface area contributed by atoms with E-state index in [1.165, 1.54) is 12.1 Å². The third kappa shape index (κ3) is 4.46. The molecule has 0 saturated carbocycles. The lowest BCUT2D eigenvalue weighted by atomic mass is 9.98. The van der Waals surface area contributed by atoms with Gasteiger partial charge in [-0.25, -0.2) is 9.40 Å². The number of carboxylic acid groups (broad SMARTS) is 1. The van der Waals surface area contributed by atoms with Crippen molar-refractivity contribution in [2.75, 3.05) is 19.0 Å². The SMILES string of the molecule is CN(C)c1ccc(C2CC(c3ccc(F)cc3)=NN2C2=NC(=O)C(CC(=O)O)S2)cc1. The van der Waals surface area contributed by atoms with Crippen molar-refractivity contribution >= 4 is 40.2 Å². The fraction of sp³-hybridized carbons (Fsp3) is 0.273. The van der Waals surface area contributed by atoms with Gasteiger partial charge in [-0.2, -0.15) is 10.1 Å². The third-order valence-corrected chi connectivity index (χ3v) is 6.31. The van der Waals surface area contributed by atoms with Crippen molar-refractivity contribution in [1.82, 2.24) is 5.01 Å². The number of hydrazone groups is 1. The van der Waals surface area contributed by atoms with Crippen LogP contribution in [-0.2, 0) is 9.59 Å². The van der Waals surface area contributed by atoms with E-state index in [9.17, 15) is 14.0 Å². The number of anilines is 1. The predicted octanol–water partition coefficient (Wildman–Crippen LogP) is 3.52. The van der Waals surface area contributed by atoms with Gasteiger partial charge >= 0.3 is 5.97 Å². The molecule has 2 aromatic carbocycles. The van der Waals surface area contributed by atoms with Gasteiger partial charge in [0.15, 0.2) is 5.17 Å². The first-order valence-electron chi connectivity index (χ1n) is 9.73. The number of hydrogen-bond acceptors (Lipinski definition) is 6. The maximum atomic E-state index is 13.4. The fourth-order valence-corrected chi connectivity index (χ4v) is 4.57. The van der Waals surface area contributed by atoms with Gasteiger partial charge in [-0.15, -0.1) is 0 Å². The number of thioether (sulfide) groups is 1. The predicted molar refractivity (Wildman–Crippen MR) is 119 cm³/mol. The third-order valence-electron chi connectivity index (χ3n) is 5.17. The van der Waals surface area contributed by atoms with E-state index in [0.717, 1.165) is 34.3 Å². The molecule has 0 bridgehead atoms. The lowest BCUT2D eigenvalue weighted by Crippen LogP contribution is -2.24. The Morgan fingerprint density at radius 1 is 1.19 bits per heavy atom. The zero-order valence-electron chi connectivity index (χ0n) is 17.0. The van der Waals surface area contributed by atoms with Crippen LogP contribution >= 0.6 is 11.8 Å². The highest BCUT2D eigenvalue weighted by molar-refractivity contribution is 8.15. The van der Waals surface area contributed by atoms with Crippen LogP contribution in [0.25, 0.3) is 0 Å². The molecule has 2 aromatic rings. The molecule has 2 aliphatic rings. The first-order valence-corrected chi connectivity index (χ1v) is 10.6. The number of carbonyl (C=O) groups is 2. The quantitative estimate of drug-likeness (QED) is 0.766. The smallest absolute Gasteiger partial charge is 0.305 e. The van der Waals surface area contributed by atoms with Crippen LogP contribution < -0.4 is 4.90 Å². The molecule has 0 radical (unpaired) electrons. The molecular formula is C22H21FN4O3S. The van der Waals surface area contributed by atoms with E-state index in [2.05, 4.69) is 4.99 Å². The summed E-state index contributed by atoms with van der Waals surface area (Å²) in [6.45, 7) is 0. The topological polar surface area (TPSA) is 85.6 Å². The van der Waals surface area contributed by atoms with E-state index >= 15 is 0 Å². The van der Waals surface area contributed by atoms with Crippen LogP contribution in [0.2, 0.25) is 0 Å². The number of halogens is 1. The van der Waals surface area contributed by atoms with Crippen LogP contribution in [0.3, 0.4) is 0 Å². The number of nitrogens with zero attached hydrogens (tertiary/aromatic N) is 4. The summed E-state index contributed by atoms with van der Waals surface area (Å²) in [5.74, 6) is -1.84. The molecule has 1 N–H and O–H groups in total. The number of hydrogen-bond donors (Lipinski definition) is 1. The molecule has 2 atom stereocenters. The van der Waals surface area contributed by atoms with Crippen molar-refractivity contribution in [3.8, 4) is 0 Å². The number of aliphatic imine (C=N–C) groups is 1. The standard InChI is InChI=1S/C22H21FN4O3S/c1-26(2)16-9-5-14(6-10-16)18-11-17(13-3-7-15(23)8-4-13)25-27(18)22-24-21(30)19(31-22)12-20(28)29/h3-10,18-19H,11-12H2,1-2H3,(H,28,29). The Balaban J connectivity index is 1.66. The minimum Gasteiger partial charge on any atom is -0.481 e. The van der Waals surface area contributed by atoms with Crippen LogP contribution in [0.1, 0.15) is 30.0 Å². The van der Waals surface area contributed by atoms with E-state index in [-0.39, 0.29) is 18.3 Å². The van der Waals surface area contributed by atoms with Gasteiger partial charge in [0.05, 0.1) is 18.2 Å². The summed E-state index contributed by atoms with van der Waals surface area (Å²) in [6.07, 6.45) is 0.255. The van der Waals surface area contributed by atoms with Gasteiger partial charge < -0.3 is 10.0 Å². The average Bonchev–Trinajstić information content (AvgIpc) is 3.32. The second-order valence-corrected chi connectivity index (χ2v) is 8.71. The average molecular weight is 441 g/mol. The number of carboxylic acids is 1. The molecule has 7 nitrogen and oxygen atoms in total. The molecule has 2 unspecified atom stereocenters. The Morgan fingerprint density at radius 2 is 1.87 bits per heavy atom. The number of carbonyl (C=O) groups excluding carboxylic acids is 1. The minimum atomic E-state index is -1.05. The van der Waals surface area contributed by atoms with E-state index < -0.39 is 17.1 Å². The van der Waals surface area contributed by atoms with Gasteiger partial charge in [0.2, 0.25) is 0 Å². The first kappa shape index (κ1) is 21.0. The molecule has 0 spiro atoms. The first-order chi connectivity index (χ1) is 14.8. The van der Waals surface area contributed by atoms with Crippen molar-refractivity contribution in [3.63, 3.8) is 0 Å². The molecule has 1 amide bonds. The monoisotopic (exact) mass is 440 g/mol. The summed E-state index contributed by atoms with van der Waals surface area (Å²) in [5.41, 5.74) is 3.58. The molecule has 0 saturated heterocycles. The Labute approximate surface area is 183 Å². The van der Waals surface area contributed by atoms with Gasteiger partial charge in [0.1, 0.15) is 11.1 Å². The summed E-state index contributed by atoms with van der Waals surface area (Å²) >= 11 is 1.12. The number of amides is 1. The molecule has 0 aromatic heterocycles. The lowest BCUT2D eigenvalue weighted by molar-refractivity contribution is -0.138. The molecule has 2 aliphatic heterocycles. The minimum absolute atomic E-state index is 0.209. The molecular weight excluding hydrogens is 419 g/mol. The molecule has 2 heterocycles. The van der Waals surface area contributed by atoms with Crippen LogP contribution in [-0.4, -0.2) is 52.2 Å². The van der Waals surface area contributed by atoms with E-state index in [4.69, 9.17) is 10.2 Å². The van der Waals surface area contributed by atoms with Crippen LogP contribution in [0.5, 0.6) is 0 Å². The maximum absolute atomic E-state index is 13.4. The van der Waals surface area contributed by atoms with Gasteiger partial charge in [-0.05, 0) is 35.4 Å². The van der Waals surface area contributed by atoms with Crippen LogP contribution in [0.15, 0.2) is 58.6 Å². The summed E-state index contributed by atoms with van der Waals surface area (Å²) in [7, 11) is 3.93. The Morgan fingerprint density at radius 3 is 2.48 bits per heavy atom. The van der Waals surface area contributed by atoms with E-state index in [1.54, 1.807) is 17.1 Å². The number of amidine groups is 1. The van der Waals surface area contributed by atoms with E-state index in [0.29, 0.717) is 11.6 Å². The molecule has 0 fully saturated rings. The van der Waals surface area contributed by atoms with Crippen molar-refractivity contribution in [2.45, 2.75) is 24.1 Å². The lowest BCUT2D eigenvalue weighted by Gasteiger charge is -2.23. The van der Waals surface area contributed by atoms with Crippen molar-refractivity contribution in [3.05, 3.63) is 65.5 Å². The van der Waals surface area contributed by atoms with Gasteiger partial charge in [-0.3, -0.25) is 9.59 Å². The van der Waals surface area contributed by atoms with Crippen molar-refractivity contribution < 1.29 is 19.1 Å². The zero-order chi connectivity index (χ0) is 22.1. The summed E-state index contributed by atoms with van der Waals surface area (Å²) in [4.78, 5) is 29.4. The highest BCUT2D eigenvalue weighted by atomic mass is 32.2. The normalized spacial score (nSPS) is 20.6. The summed E-state index contributed by atoms with van der Waals surface area (Å²) in [5, 5.41) is 15.1. The van der Waals surface area contributed by atoms with Gasteiger partial charge in [0, 0.05) is 26.2 Å².